The number of rotatable bonds is 2. The number of hydrogen-bond acceptors (Lipinski definition) is 3. The Morgan fingerprint density at radius 3 is 2.75 bits per heavy atom. The van der Waals surface area contributed by atoms with Crippen molar-refractivity contribution in [2.45, 2.75) is 38.8 Å². The van der Waals surface area contributed by atoms with Crippen molar-refractivity contribution < 1.29 is 5.11 Å². The molecule has 0 bridgehead atoms. The molecule has 0 saturated heterocycles. The van der Waals surface area contributed by atoms with Gasteiger partial charge in [-0.2, -0.15) is 5.10 Å². The van der Waals surface area contributed by atoms with Crippen molar-refractivity contribution in [3.05, 3.63) is 11.6 Å². The minimum absolute atomic E-state index is 0.496. The molecule has 0 amide bonds. The van der Waals surface area contributed by atoms with Gasteiger partial charge in [0.25, 0.3) is 0 Å². The third-order valence-electron chi connectivity index (χ3n) is 2.03. The van der Waals surface area contributed by atoms with E-state index < -0.39 is 6.10 Å². The molecule has 0 aliphatic heterocycles. The Kier molecular flexibility index (Phi) is 1.65. The van der Waals surface area contributed by atoms with Crippen LogP contribution in [-0.4, -0.2) is 19.9 Å². The van der Waals surface area contributed by atoms with Crippen LogP contribution in [0.15, 0.2) is 0 Å². The molecule has 1 aromatic heterocycles. The topological polar surface area (TPSA) is 50.9 Å². The first-order valence-corrected chi connectivity index (χ1v) is 4.29. The third-order valence-corrected chi connectivity index (χ3v) is 2.03. The average molecular weight is 167 g/mol. The lowest BCUT2D eigenvalue weighted by Crippen LogP contribution is -2.06. The lowest BCUT2D eigenvalue weighted by Gasteiger charge is -2.04. The highest BCUT2D eigenvalue weighted by molar-refractivity contribution is 4.99. The maximum absolute atomic E-state index is 9.37. The summed E-state index contributed by atoms with van der Waals surface area (Å²) < 4.78 is 1.86. The molecule has 2 rings (SSSR count). The van der Waals surface area contributed by atoms with Gasteiger partial charge in [-0.15, -0.1) is 0 Å². The van der Waals surface area contributed by atoms with Gasteiger partial charge in [0.1, 0.15) is 11.9 Å². The Balaban J connectivity index is 2.36. The van der Waals surface area contributed by atoms with E-state index in [1.165, 1.54) is 12.8 Å². The van der Waals surface area contributed by atoms with Crippen molar-refractivity contribution in [1.82, 2.24) is 14.8 Å². The molecule has 1 aliphatic carbocycles. The Morgan fingerprint density at radius 1 is 1.58 bits per heavy atom. The van der Waals surface area contributed by atoms with Gasteiger partial charge in [-0.25, -0.2) is 9.67 Å². The average Bonchev–Trinajstić information content (AvgIpc) is 2.75. The molecule has 0 spiro atoms. The van der Waals surface area contributed by atoms with Gasteiger partial charge in [-0.1, -0.05) is 0 Å². The highest BCUT2D eigenvalue weighted by Crippen LogP contribution is 2.35. The molecule has 1 heterocycles. The zero-order valence-electron chi connectivity index (χ0n) is 7.36. The van der Waals surface area contributed by atoms with Crippen molar-refractivity contribution >= 4 is 0 Å². The second kappa shape index (κ2) is 2.55. The largest absolute Gasteiger partial charge is 0.385 e. The summed E-state index contributed by atoms with van der Waals surface area (Å²) in [6.45, 7) is 3.58. The summed E-state index contributed by atoms with van der Waals surface area (Å²) in [6, 6.07) is 0.496. The van der Waals surface area contributed by atoms with Crippen molar-refractivity contribution in [1.29, 1.82) is 0 Å². The molecule has 66 valence electrons. The predicted molar refractivity (Wildman–Crippen MR) is 43.7 cm³/mol. The van der Waals surface area contributed by atoms with Gasteiger partial charge in [0, 0.05) is 0 Å². The molecule has 1 N–H and O–H groups in total. The van der Waals surface area contributed by atoms with E-state index >= 15 is 0 Å². The minimum Gasteiger partial charge on any atom is -0.385 e. The van der Waals surface area contributed by atoms with Crippen LogP contribution in [0.5, 0.6) is 0 Å². The zero-order valence-corrected chi connectivity index (χ0v) is 7.36. The standard InChI is InChI=1S/C8H13N3O/c1-5(12)8-9-6(2)10-11(8)7-3-4-7/h5,7,12H,3-4H2,1-2H3. The Labute approximate surface area is 71.2 Å². The van der Waals surface area contributed by atoms with Gasteiger partial charge in [-0.3, -0.25) is 0 Å². The molecule has 1 fully saturated rings. The molecule has 4 nitrogen and oxygen atoms in total. The summed E-state index contributed by atoms with van der Waals surface area (Å²) in [4.78, 5) is 4.17. The second-order valence-electron chi connectivity index (χ2n) is 3.37. The lowest BCUT2D eigenvalue weighted by atomic mass is 10.4. The van der Waals surface area contributed by atoms with Crippen LogP contribution in [-0.2, 0) is 0 Å². The van der Waals surface area contributed by atoms with Crippen molar-refractivity contribution in [3.63, 3.8) is 0 Å². The van der Waals surface area contributed by atoms with E-state index in [0.29, 0.717) is 11.9 Å². The van der Waals surface area contributed by atoms with Gasteiger partial charge in [0.15, 0.2) is 5.82 Å². The van der Waals surface area contributed by atoms with Crippen LogP contribution in [0.1, 0.15) is 43.6 Å². The fraction of sp³-hybridized carbons (Fsp3) is 0.750. The number of aliphatic hydroxyl groups is 1. The van der Waals surface area contributed by atoms with E-state index in [1.807, 2.05) is 11.6 Å². The number of aromatic nitrogens is 3. The number of aliphatic hydroxyl groups excluding tert-OH is 1. The van der Waals surface area contributed by atoms with E-state index in [4.69, 9.17) is 0 Å². The van der Waals surface area contributed by atoms with E-state index in [2.05, 4.69) is 10.1 Å². The lowest BCUT2D eigenvalue weighted by molar-refractivity contribution is 0.181. The Hall–Kier alpha value is -0.900. The smallest absolute Gasteiger partial charge is 0.156 e. The van der Waals surface area contributed by atoms with Crippen molar-refractivity contribution in [2.75, 3.05) is 0 Å². The Bertz CT molecular complexity index is 269. The monoisotopic (exact) mass is 167 g/mol. The van der Waals surface area contributed by atoms with E-state index in [-0.39, 0.29) is 0 Å². The summed E-state index contributed by atoms with van der Waals surface area (Å²) in [5.41, 5.74) is 0. The van der Waals surface area contributed by atoms with Gasteiger partial charge in [-0.05, 0) is 26.7 Å². The number of nitrogens with zero attached hydrogens (tertiary/aromatic N) is 3. The van der Waals surface area contributed by atoms with Crippen LogP contribution in [0.25, 0.3) is 0 Å². The van der Waals surface area contributed by atoms with Crippen LogP contribution in [0.2, 0.25) is 0 Å². The predicted octanol–water partition coefficient (Wildman–Crippen LogP) is 0.975. The summed E-state index contributed by atoms with van der Waals surface area (Å²) in [7, 11) is 0. The summed E-state index contributed by atoms with van der Waals surface area (Å²) in [5.74, 6) is 1.45. The van der Waals surface area contributed by atoms with Crippen molar-refractivity contribution in [2.24, 2.45) is 0 Å². The molecule has 0 radical (unpaired) electrons. The summed E-state index contributed by atoms with van der Waals surface area (Å²) in [5, 5.41) is 13.6. The molecular weight excluding hydrogens is 154 g/mol. The minimum atomic E-state index is -0.508. The number of hydrogen-bond donors (Lipinski definition) is 1. The fourth-order valence-electron chi connectivity index (χ4n) is 1.32. The quantitative estimate of drug-likeness (QED) is 0.714. The molecule has 1 aliphatic rings. The van der Waals surface area contributed by atoms with E-state index in [0.717, 1.165) is 5.82 Å². The molecule has 1 unspecified atom stereocenters. The van der Waals surface area contributed by atoms with Crippen LogP contribution in [0, 0.1) is 6.92 Å². The normalized spacial score (nSPS) is 19.6. The zero-order chi connectivity index (χ0) is 8.72. The SMILES string of the molecule is Cc1nc(C(C)O)n(C2CC2)n1. The second-order valence-corrected chi connectivity index (χ2v) is 3.37. The molecule has 1 atom stereocenters. The molecule has 1 aromatic rings. The van der Waals surface area contributed by atoms with E-state index in [9.17, 15) is 5.11 Å². The molecule has 1 saturated carbocycles. The van der Waals surface area contributed by atoms with Crippen LogP contribution in [0.3, 0.4) is 0 Å². The summed E-state index contributed by atoms with van der Waals surface area (Å²) in [6.07, 6.45) is 1.83. The van der Waals surface area contributed by atoms with Crippen LogP contribution < -0.4 is 0 Å². The summed E-state index contributed by atoms with van der Waals surface area (Å²) >= 11 is 0. The highest BCUT2D eigenvalue weighted by Gasteiger charge is 2.28. The molecule has 12 heavy (non-hydrogen) atoms. The maximum Gasteiger partial charge on any atom is 0.156 e. The maximum atomic E-state index is 9.37. The first-order chi connectivity index (χ1) is 5.68. The van der Waals surface area contributed by atoms with Gasteiger partial charge in [0.05, 0.1) is 6.04 Å². The third kappa shape index (κ3) is 1.22. The fourth-order valence-corrected chi connectivity index (χ4v) is 1.32. The molecule has 0 aromatic carbocycles. The van der Waals surface area contributed by atoms with Crippen molar-refractivity contribution in [3.8, 4) is 0 Å². The van der Waals surface area contributed by atoms with Crippen LogP contribution in [0.4, 0.5) is 0 Å². The number of aryl methyl sites for hydroxylation is 1. The Morgan fingerprint density at radius 2 is 2.25 bits per heavy atom. The van der Waals surface area contributed by atoms with Gasteiger partial charge >= 0.3 is 0 Å². The van der Waals surface area contributed by atoms with Gasteiger partial charge < -0.3 is 5.11 Å². The molecule has 4 heteroatoms. The highest BCUT2D eigenvalue weighted by atomic mass is 16.3. The van der Waals surface area contributed by atoms with Gasteiger partial charge in [0.2, 0.25) is 0 Å². The van der Waals surface area contributed by atoms with E-state index in [1.54, 1.807) is 6.92 Å². The van der Waals surface area contributed by atoms with Crippen LogP contribution >= 0.6 is 0 Å². The first-order valence-electron chi connectivity index (χ1n) is 4.29. The molecular formula is C8H13N3O. The first kappa shape index (κ1) is 7.73.